The van der Waals surface area contributed by atoms with Crippen LogP contribution in [0.1, 0.15) is 19.8 Å². The number of hydrogen-bond acceptors (Lipinski definition) is 4. The molecule has 1 aromatic heterocycles. The molecule has 2 unspecified atom stereocenters. The van der Waals surface area contributed by atoms with Crippen LogP contribution in [0.15, 0.2) is 5.38 Å². The molecule has 15 heavy (non-hydrogen) atoms. The lowest BCUT2D eigenvalue weighted by atomic mass is 9.94. The third kappa shape index (κ3) is 2.44. The van der Waals surface area contributed by atoms with E-state index in [0.29, 0.717) is 17.1 Å². The number of halogens is 1. The lowest BCUT2D eigenvalue weighted by Crippen LogP contribution is -2.43. The van der Waals surface area contributed by atoms with Crippen LogP contribution in [0, 0.1) is 5.92 Å². The number of rotatable bonds is 2. The van der Waals surface area contributed by atoms with Gasteiger partial charge in [0.1, 0.15) is 5.15 Å². The Labute approximate surface area is 99.2 Å². The highest BCUT2D eigenvalue weighted by atomic mass is 35.5. The van der Waals surface area contributed by atoms with Crippen molar-refractivity contribution in [3.8, 4) is 0 Å². The summed E-state index contributed by atoms with van der Waals surface area (Å²) in [6.07, 6.45) is 2.42. The molecule has 2 heterocycles. The van der Waals surface area contributed by atoms with Gasteiger partial charge in [-0.15, -0.1) is 11.3 Å². The summed E-state index contributed by atoms with van der Waals surface area (Å²) >= 11 is 7.46. The maximum atomic E-state index is 5.85. The molecule has 0 saturated carbocycles. The van der Waals surface area contributed by atoms with Crippen molar-refractivity contribution >= 4 is 28.1 Å². The van der Waals surface area contributed by atoms with Crippen LogP contribution < -0.4 is 10.6 Å². The van der Waals surface area contributed by atoms with Crippen molar-refractivity contribution < 1.29 is 0 Å². The van der Waals surface area contributed by atoms with E-state index >= 15 is 0 Å². The van der Waals surface area contributed by atoms with E-state index < -0.39 is 0 Å². The van der Waals surface area contributed by atoms with E-state index in [1.54, 1.807) is 11.3 Å². The molecule has 1 fully saturated rings. The SMILES string of the molecule is CC1CCC(CN)CN1c1nc(Cl)cs1. The molecule has 0 amide bonds. The van der Waals surface area contributed by atoms with Gasteiger partial charge in [0.2, 0.25) is 0 Å². The second-order valence-corrected chi connectivity index (χ2v) is 5.36. The number of hydrogen-bond donors (Lipinski definition) is 1. The fourth-order valence-corrected chi connectivity index (χ4v) is 3.08. The average molecular weight is 246 g/mol. The van der Waals surface area contributed by atoms with E-state index in [1.165, 1.54) is 12.8 Å². The number of nitrogens with zero attached hydrogens (tertiary/aromatic N) is 2. The van der Waals surface area contributed by atoms with Gasteiger partial charge in [-0.1, -0.05) is 11.6 Å². The average Bonchev–Trinajstić information content (AvgIpc) is 2.65. The van der Waals surface area contributed by atoms with Crippen molar-refractivity contribution in [1.82, 2.24) is 4.98 Å². The second kappa shape index (κ2) is 4.68. The minimum absolute atomic E-state index is 0.551. The van der Waals surface area contributed by atoms with Crippen LogP contribution in [0.3, 0.4) is 0 Å². The van der Waals surface area contributed by atoms with Gasteiger partial charge in [0.15, 0.2) is 5.13 Å². The third-order valence-corrected chi connectivity index (χ3v) is 4.22. The monoisotopic (exact) mass is 245 g/mol. The second-order valence-electron chi connectivity index (χ2n) is 4.13. The van der Waals surface area contributed by atoms with Crippen molar-refractivity contribution in [2.45, 2.75) is 25.8 Å². The number of piperidine rings is 1. The molecule has 1 aliphatic heterocycles. The van der Waals surface area contributed by atoms with Gasteiger partial charge in [-0.05, 0) is 32.2 Å². The molecule has 0 aliphatic carbocycles. The van der Waals surface area contributed by atoms with Gasteiger partial charge in [0.05, 0.1) is 0 Å². The summed E-state index contributed by atoms with van der Waals surface area (Å²) in [6.45, 7) is 4.02. The molecular formula is C10H16ClN3S. The van der Waals surface area contributed by atoms with Crippen molar-refractivity contribution in [3.05, 3.63) is 10.5 Å². The summed E-state index contributed by atoms with van der Waals surface area (Å²) in [4.78, 5) is 6.65. The van der Waals surface area contributed by atoms with Gasteiger partial charge >= 0.3 is 0 Å². The molecule has 0 radical (unpaired) electrons. The van der Waals surface area contributed by atoms with E-state index in [1.807, 2.05) is 5.38 Å². The number of nitrogens with two attached hydrogens (primary N) is 1. The van der Waals surface area contributed by atoms with Crippen molar-refractivity contribution in [3.63, 3.8) is 0 Å². The van der Waals surface area contributed by atoms with E-state index in [9.17, 15) is 0 Å². The normalized spacial score (nSPS) is 27.0. The Morgan fingerprint density at radius 3 is 3.07 bits per heavy atom. The summed E-state index contributed by atoms with van der Waals surface area (Å²) < 4.78 is 0. The summed E-state index contributed by atoms with van der Waals surface area (Å²) in [5.41, 5.74) is 5.72. The first-order chi connectivity index (χ1) is 7.20. The molecule has 84 valence electrons. The fraction of sp³-hybridized carbons (Fsp3) is 0.700. The highest BCUT2D eigenvalue weighted by molar-refractivity contribution is 7.14. The number of thiazole rings is 1. The summed E-state index contributed by atoms with van der Waals surface area (Å²) in [5, 5.41) is 3.51. The molecular weight excluding hydrogens is 230 g/mol. The van der Waals surface area contributed by atoms with Crippen molar-refractivity contribution in [2.24, 2.45) is 11.7 Å². The van der Waals surface area contributed by atoms with Crippen LogP contribution in [-0.2, 0) is 0 Å². The van der Waals surface area contributed by atoms with Crippen LogP contribution >= 0.6 is 22.9 Å². The summed E-state index contributed by atoms with van der Waals surface area (Å²) in [7, 11) is 0. The topological polar surface area (TPSA) is 42.1 Å². The maximum Gasteiger partial charge on any atom is 0.186 e. The van der Waals surface area contributed by atoms with Gasteiger partial charge in [-0.3, -0.25) is 0 Å². The van der Waals surface area contributed by atoms with Crippen LogP contribution in [0.4, 0.5) is 5.13 Å². The molecule has 0 bridgehead atoms. The van der Waals surface area contributed by atoms with E-state index in [-0.39, 0.29) is 0 Å². The van der Waals surface area contributed by atoms with E-state index in [4.69, 9.17) is 17.3 Å². The minimum atomic E-state index is 0.551. The van der Waals surface area contributed by atoms with Gasteiger partial charge in [-0.25, -0.2) is 4.98 Å². The zero-order chi connectivity index (χ0) is 10.8. The molecule has 1 saturated heterocycles. The number of anilines is 1. The van der Waals surface area contributed by atoms with Gasteiger partial charge in [-0.2, -0.15) is 0 Å². The first-order valence-corrected chi connectivity index (χ1v) is 6.54. The van der Waals surface area contributed by atoms with Crippen LogP contribution in [0.2, 0.25) is 5.15 Å². The number of aromatic nitrogens is 1. The van der Waals surface area contributed by atoms with Crippen LogP contribution in [-0.4, -0.2) is 24.1 Å². The molecule has 3 nitrogen and oxygen atoms in total. The van der Waals surface area contributed by atoms with Gasteiger partial charge in [0, 0.05) is 18.0 Å². The lowest BCUT2D eigenvalue weighted by molar-refractivity contribution is 0.373. The molecule has 2 rings (SSSR count). The van der Waals surface area contributed by atoms with E-state index in [2.05, 4.69) is 16.8 Å². The van der Waals surface area contributed by atoms with Crippen molar-refractivity contribution in [1.29, 1.82) is 0 Å². The Kier molecular flexibility index (Phi) is 3.49. The molecule has 2 atom stereocenters. The standard InChI is InChI=1S/C10H16ClN3S/c1-7-2-3-8(4-12)5-14(7)10-13-9(11)6-15-10/h6-8H,2-5,12H2,1H3. The molecule has 5 heteroatoms. The van der Waals surface area contributed by atoms with Crippen LogP contribution in [0.25, 0.3) is 0 Å². The minimum Gasteiger partial charge on any atom is -0.345 e. The zero-order valence-electron chi connectivity index (χ0n) is 8.82. The molecule has 1 aromatic rings. The van der Waals surface area contributed by atoms with E-state index in [0.717, 1.165) is 18.2 Å². The smallest absolute Gasteiger partial charge is 0.186 e. The third-order valence-electron chi connectivity index (χ3n) is 3.02. The predicted octanol–water partition coefficient (Wildman–Crippen LogP) is 2.36. The Balaban J connectivity index is 2.12. The Hall–Kier alpha value is -0.320. The Bertz CT molecular complexity index is 328. The highest BCUT2D eigenvalue weighted by Gasteiger charge is 2.26. The predicted molar refractivity (Wildman–Crippen MR) is 65.7 cm³/mol. The summed E-state index contributed by atoms with van der Waals surface area (Å²) in [5.74, 6) is 0.601. The molecule has 1 aliphatic rings. The zero-order valence-corrected chi connectivity index (χ0v) is 10.4. The van der Waals surface area contributed by atoms with Crippen LogP contribution in [0.5, 0.6) is 0 Å². The van der Waals surface area contributed by atoms with Gasteiger partial charge < -0.3 is 10.6 Å². The largest absolute Gasteiger partial charge is 0.345 e. The Morgan fingerprint density at radius 1 is 1.67 bits per heavy atom. The lowest BCUT2D eigenvalue weighted by Gasteiger charge is -2.37. The Morgan fingerprint density at radius 2 is 2.47 bits per heavy atom. The highest BCUT2D eigenvalue weighted by Crippen LogP contribution is 2.30. The quantitative estimate of drug-likeness (QED) is 0.870. The van der Waals surface area contributed by atoms with Gasteiger partial charge in [0.25, 0.3) is 0 Å². The summed E-state index contributed by atoms with van der Waals surface area (Å²) in [6, 6.07) is 0.551. The molecule has 0 spiro atoms. The first-order valence-electron chi connectivity index (χ1n) is 5.28. The molecule has 0 aromatic carbocycles. The first kappa shape index (κ1) is 11.2. The molecule has 2 N–H and O–H groups in total. The fourth-order valence-electron chi connectivity index (χ4n) is 2.02. The van der Waals surface area contributed by atoms with Crippen molar-refractivity contribution in [2.75, 3.05) is 18.0 Å². The maximum absolute atomic E-state index is 5.85.